The molecule has 1 aromatic heterocycles. The fraction of sp³-hybridized carbons (Fsp3) is 0.182. The summed E-state index contributed by atoms with van der Waals surface area (Å²) in [4.78, 5) is 26.3. The summed E-state index contributed by atoms with van der Waals surface area (Å²) >= 11 is 1.36. The number of benzene rings is 2. The molecule has 0 spiro atoms. The second kappa shape index (κ2) is 7.48. The number of nitrogens with one attached hydrogen (secondary N) is 1. The van der Waals surface area contributed by atoms with Crippen LogP contribution in [0.2, 0.25) is 0 Å². The molecule has 2 aromatic carbocycles. The van der Waals surface area contributed by atoms with Crippen LogP contribution in [-0.4, -0.2) is 18.0 Å². The van der Waals surface area contributed by atoms with Gasteiger partial charge in [-0.15, -0.1) is 11.3 Å². The van der Waals surface area contributed by atoms with E-state index >= 15 is 0 Å². The summed E-state index contributed by atoms with van der Waals surface area (Å²) in [6.45, 7) is 3.95. The van der Waals surface area contributed by atoms with Crippen molar-refractivity contribution >= 4 is 28.9 Å². The summed E-state index contributed by atoms with van der Waals surface area (Å²) in [5.74, 6) is -0.0711. The molecule has 0 radical (unpaired) electrons. The number of carbonyl (C=O) groups is 2. The van der Waals surface area contributed by atoms with Gasteiger partial charge < -0.3 is 14.8 Å². The number of hydrogen-bond acceptors (Lipinski definition) is 5. The highest BCUT2D eigenvalue weighted by atomic mass is 32.1. The van der Waals surface area contributed by atoms with Gasteiger partial charge in [0.05, 0.1) is 0 Å². The summed E-state index contributed by atoms with van der Waals surface area (Å²) in [6.07, 6.45) is -0.906. The highest BCUT2D eigenvalue weighted by molar-refractivity contribution is 7.17. The van der Waals surface area contributed by atoms with Crippen LogP contribution in [0.3, 0.4) is 0 Å². The van der Waals surface area contributed by atoms with Crippen LogP contribution in [-0.2, 0) is 16.1 Å². The summed E-state index contributed by atoms with van der Waals surface area (Å²) in [6, 6.07) is 16.9. The molecule has 3 aromatic rings. The Bertz CT molecular complexity index is 1040. The number of para-hydroxylation sites is 1. The Morgan fingerprint density at radius 2 is 1.89 bits per heavy atom. The van der Waals surface area contributed by atoms with Crippen molar-refractivity contribution in [2.75, 3.05) is 5.32 Å². The molecule has 0 aliphatic carbocycles. The van der Waals surface area contributed by atoms with E-state index in [1.807, 2.05) is 55.5 Å². The number of rotatable bonds is 4. The minimum absolute atomic E-state index is 0.368. The lowest BCUT2D eigenvalue weighted by Gasteiger charge is -2.16. The normalized spacial score (nSPS) is 12.9. The first-order chi connectivity index (χ1) is 13.5. The van der Waals surface area contributed by atoms with E-state index in [1.165, 1.54) is 11.3 Å². The fourth-order valence-electron chi connectivity index (χ4n) is 2.95. The summed E-state index contributed by atoms with van der Waals surface area (Å²) in [5.41, 5.74) is 3.69. The van der Waals surface area contributed by atoms with Gasteiger partial charge in [0.15, 0.2) is 6.10 Å². The molecule has 4 rings (SSSR count). The number of fused-ring (bicyclic) bond motifs is 3. The first kappa shape index (κ1) is 18.3. The molecule has 28 heavy (non-hydrogen) atoms. The van der Waals surface area contributed by atoms with Gasteiger partial charge in [-0.1, -0.05) is 29.8 Å². The number of thiophene rings is 1. The molecule has 1 amide bonds. The van der Waals surface area contributed by atoms with Crippen LogP contribution >= 0.6 is 11.3 Å². The lowest BCUT2D eigenvalue weighted by molar-refractivity contribution is -0.123. The average molecular weight is 393 g/mol. The molecular formula is C22H19NO4S. The highest BCUT2D eigenvalue weighted by Crippen LogP contribution is 2.42. The van der Waals surface area contributed by atoms with Gasteiger partial charge in [-0.05, 0) is 44.2 Å². The number of ether oxygens (including phenoxy) is 2. The van der Waals surface area contributed by atoms with Crippen molar-refractivity contribution in [2.24, 2.45) is 0 Å². The van der Waals surface area contributed by atoms with Crippen LogP contribution in [0.25, 0.3) is 10.4 Å². The van der Waals surface area contributed by atoms with E-state index in [-0.39, 0.29) is 5.91 Å². The molecular weight excluding hydrogens is 374 g/mol. The van der Waals surface area contributed by atoms with Crippen molar-refractivity contribution in [3.63, 3.8) is 0 Å². The first-order valence-corrected chi connectivity index (χ1v) is 9.76. The second-order valence-electron chi connectivity index (χ2n) is 6.65. The van der Waals surface area contributed by atoms with Gasteiger partial charge in [-0.25, -0.2) is 4.79 Å². The largest absolute Gasteiger partial charge is 0.488 e. The molecule has 2 heterocycles. The van der Waals surface area contributed by atoms with Gasteiger partial charge >= 0.3 is 5.97 Å². The van der Waals surface area contributed by atoms with Crippen molar-refractivity contribution in [3.8, 4) is 16.2 Å². The molecule has 6 heteroatoms. The van der Waals surface area contributed by atoms with Crippen LogP contribution in [0.4, 0.5) is 5.69 Å². The molecule has 1 atom stereocenters. The zero-order valence-corrected chi connectivity index (χ0v) is 16.3. The fourth-order valence-corrected chi connectivity index (χ4v) is 4.03. The van der Waals surface area contributed by atoms with Gasteiger partial charge in [0.2, 0.25) is 0 Å². The Labute approximate surface area is 166 Å². The molecule has 1 aliphatic rings. The third-order valence-electron chi connectivity index (χ3n) is 4.50. The molecule has 1 aliphatic heterocycles. The monoisotopic (exact) mass is 393 g/mol. The van der Waals surface area contributed by atoms with Crippen LogP contribution in [0.1, 0.15) is 27.7 Å². The summed E-state index contributed by atoms with van der Waals surface area (Å²) < 4.78 is 11.1. The number of esters is 1. The Hall–Kier alpha value is -3.12. The van der Waals surface area contributed by atoms with E-state index in [0.29, 0.717) is 17.2 Å². The average Bonchev–Trinajstić information content (AvgIpc) is 3.14. The van der Waals surface area contributed by atoms with Gasteiger partial charge in [0.25, 0.3) is 5.91 Å². The molecule has 0 bridgehead atoms. The van der Waals surface area contributed by atoms with E-state index in [2.05, 4.69) is 5.32 Å². The molecule has 142 valence electrons. The molecule has 1 N–H and O–H groups in total. The van der Waals surface area contributed by atoms with Gasteiger partial charge in [-0.3, -0.25) is 4.79 Å². The summed E-state index contributed by atoms with van der Waals surface area (Å²) in [5, 5.41) is 2.75. The van der Waals surface area contributed by atoms with E-state index in [0.717, 1.165) is 27.3 Å². The molecule has 0 saturated carbocycles. The van der Waals surface area contributed by atoms with Crippen molar-refractivity contribution in [2.45, 2.75) is 26.6 Å². The minimum atomic E-state index is -0.906. The quantitative estimate of drug-likeness (QED) is 0.647. The standard InChI is InChI=1S/C22H19NO4S/c1-13-7-9-16(10-8-13)23-21(24)14(2)27-22(25)19-11-15-12-26-18-6-4-3-5-17(18)20(15)28-19/h3-11,14H,12H2,1-2H3,(H,23,24)/t14-/m1/s1. The molecule has 0 unspecified atom stereocenters. The van der Waals surface area contributed by atoms with E-state index < -0.39 is 12.1 Å². The van der Waals surface area contributed by atoms with E-state index in [1.54, 1.807) is 13.0 Å². The van der Waals surface area contributed by atoms with Crippen molar-refractivity contribution in [1.29, 1.82) is 0 Å². The predicted molar refractivity (Wildman–Crippen MR) is 109 cm³/mol. The van der Waals surface area contributed by atoms with Crippen molar-refractivity contribution in [3.05, 3.63) is 70.6 Å². The Morgan fingerprint density at radius 3 is 2.68 bits per heavy atom. The van der Waals surface area contributed by atoms with Crippen LogP contribution in [0, 0.1) is 6.92 Å². The number of aryl methyl sites for hydroxylation is 1. The predicted octanol–water partition coefficient (Wildman–Crippen LogP) is 4.80. The van der Waals surface area contributed by atoms with Gasteiger partial charge in [0.1, 0.15) is 17.2 Å². The van der Waals surface area contributed by atoms with Crippen molar-refractivity contribution < 1.29 is 19.1 Å². The highest BCUT2D eigenvalue weighted by Gasteiger charge is 2.25. The van der Waals surface area contributed by atoms with E-state index in [4.69, 9.17) is 9.47 Å². The SMILES string of the molecule is Cc1ccc(NC(=O)[C@@H](C)OC(=O)c2cc3c(s2)-c2ccccc2OC3)cc1. The topological polar surface area (TPSA) is 64.6 Å². The van der Waals surface area contributed by atoms with Crippen LogP contribution < -0.4 is 10.1 Å². The number of anilines is 1. The van der Waals surface area contributed by atoms with Gasteiger partial charge in [0, 0.05) is 21.7 Å². The smallest absolute Gasteiger partial charge is 0.349 e. The second-order valence-corrected chi connectivity index (χ2v) is 7.70. The molecule has 0 saturated heterocycles. The molecule has 0 fully saturated rings. The number of hydrogen-bond donors (Lipinski definition) is 1. The third-order valence-corrected chi connectivity index (χ3v) is 5.69. The third kappa shape index (κ3) is 3.64. The zero-order chi connectivity index (χ0) is 19.7. The molecule has 5 nitrogen and oxygen atoms in total. The maximum Gasteiger partial charge on any atom is 0.349 e. The summed E-state index contributed by atoms with van der Waals surface area (Å²) in [7, 11) is 0. The van der Waals surface area contributed by atoms with Crippen LogP contribution in [0.15, 0.2) is 54.6 Å². The van der Waals surface area contributed by atoms with Crippen molar-refractivity contribution in [1.82, 2.24) is 0 Å². The van der Waals surface area contributed by atoms with Crippen LogP contribution in [0.5, 0.6) is 5.75 Å². The lowest BCUT2D eigenvalue weighted by atomic mass is 10.1. The zero-order valence-electron chi connectivity index (χ0n) is 15.5. The van der Waals surface area contributed by atoms with Gasteiger partial charge in [-0.2, -0.15) is 0 Å². The Morgan fingerprint density at radius 1 is 1.14 bits per heavy atom. The number of carbonyl (C=O) groups excluding carboxylic acids is 2. The maximum atomic E-state index is 12.6. The Balaban J connectivity index is 1.45. The lowest BCUT2D eigenvalue weighted by Crippen LogP contribution is -2.29. The Kier molecular flexibility index (Phi) is 4.88. The van der Waals surface area contributed by atoms with E-state index in [9.17, 15) is 9.59 Å². The maximum absolute atomic E-state index is 12.6. The number of amides is 1. The first-order valence-electron chi connectivity index (χ1n) is 8.94. The minimum Gasteiger partial charge on any atom is -0.488 e.